The van der Waals surface area contributed by atoms with E-state index in [1.54, 1.807) is 19.1 Å². The third-order valence-corrected chi connectivity index (χ3v) is 4.00. The molecule has 3 rings (SSSR count). The average Bonchev–Trinajstić information content (AvgIpc) is 2.51. The summed E-state index contributed by atoms with van der Waals surface area (Å²) >= 11 is 1.42. The smallest absolute Gasteiger partial charge is 0.296 e. The van der Waals surface area contributed by atoms with E-state index in [-0.39, 0.29) is 11.5 Å². The van der Waals surface area contributed by atoms with Crippen LogP contribution in [0, 0.1) is 6.92 Å². The third-order valence-electron chi connectivity index (χ3n) is 3.07. The first kappa shape index (κ1) is 14.5. The van der Waals surface area contributed by atoms with Crippen molar-refractivity contribution in [3.63, 3.8) is 0 Å². The molecule has 22 heavy (non-hydrogen) atoms. The summed E-state index contributed by atoms with van der Waals surface area (Å²) in [4.78, 5) is 23.1. The highest BCUT2D eigenvalue weighted by molar-refractivity contribution is 7.99. The molecule has 0 aliphatic carbocycles. The predicted molar refractivity (Wildman–Crippen MR) is 84.4 cm³/mol. The van der Waals surface area contributed by atoms with Gasteiger partial charge >= 0.3 is 0 Å². The van der Waals surface area contributed by atoms with E-state index in [0.29, 0.717) is 16.6 Å². The van der Waals surface area contributed by atoms with E-state index in [9.17, 15) is 9.59 Å². The number of rotatable bonds is 2. The van der Waals surface area contributed by atoms with Crippen molar-refractivity contribution in [3.05, 3.63) is 45.9 Å². The molecule has 7 nitrogen and oxygen atoms in total. The maximum atomic E-state index is 12.1. The van der Waals surface area contributed by atoms with Crippen molar-refractivity contribution in [1.29, 1.82) is 0 Å². The lowest BCUT2D eigenvalue weighted by Gasteiger charge is -2.15. The number of nitrogens with zero attached hydrogens (tertiary/aromatic N) is 4. The fourth-order valence-electron chi connectivity index (χ4n) is 1.99. The zero-order chi connectivity index (χ0) is 15.7. The predicted octanol–water partition coefficient (Wildman–Crippen LogP) is 1.26. The Bertz CT molecular complexity index is 826. The van der Waals surface area contributed by atoms with Gasteiger partial charge in [0.05, 0.1) is 5.71 Å². The first-order chi connectivity index (χ1) is 10.5. The Morgan fingerprint density at radius 3 is 2.68 bits per heavy atom. The molecule has 2 heterocycles. The molecule has 1 aliphatic heterocycles. The number of hydrogen-bond acceptors (Lipinski definition) is 6. The maximum Gasteiger partial charge on any atom is 0.296 e. The minimum atomic E-state index is -0.260. The number of carbonyl (C=O) groups excluding carboxylic acids is 1. The lowest BCUT2D eigenvalue weighted by atomic mass is 10.1. The van der Waals surface area contributed by atoms with Crippen LogP contribution in [0.1, 0.15) is 18.2 Å². The van der Waals surface area contributed by atoms with Crippen LogP contribution in [0.2, 0.25) is 0 Å². The fraction of sp³-hybridized carbons (Fsp3) is 0.214. The van der Waals surface area contributed by atoms with Crippen LogP contribution in [0.3, 0.4) is 0 Å². The second-order valence-corrected chi connectivity index (χ2v) is 5.72. The number of carbonyl (C=O) groups is 1. The molecule has 0 atom stereocenters. The van der Waals surface area contributed by atoms with Crippen molar-refractivity contribution in [3.8, 4) is 0 Å². The van der Waals surface area contributed by atoms with Crippen LogP contribution in [0.25, 0.3) is 0 Å². The van der Waals surface area contributed by atoms with E-state index in [1.165, 1.54) is 23.4 Å². The summed E-state index contributed by atoms with van der Waals surface area (Å²) < 4.78 is 1.29. The van der Waals surface area contributed by atoms with E-state index in [2.05, 4.69) is 20.6 Å². The van der Waals surface area contributed by atoms with Crippen LogP contribution in [0.4, 0.5) is 5.69 Å². The zero-order valence-electron chi connectivity index (χ0n) is 12.0. The lowest BCUT2D eigenvalue weighted by molar-refractivity contribution is -0.114. The van der Waals surface area contributed by atoms with E-state index in [1.807, 2.05) is 12.1 Å². The summed E-state index contributed by atoms with van der Waals surface area (Å²) in [5, 5.41) is 15.4. The van der Waals surface area contributed by atoms with Crippen LogP contribution in [-0.4, -0.2) is 32.2 Å². The SMILES string of the molecule is CC(=O)Nc1ccc(C2=Nn3c(nnc(C)c3=O)SC2)cc1. The van der Waals surface area contributed by atoms with Gasteiger partial charge in [-0.25, -0.2) is 0 Å². The number of nitrogens with one attached hydrogen (secondary N) is 1. The molecule has 0 unspecified atom stereocenters. The molecule has 8 heteroatoms. The largest absolute Gasteiger partial charge is 0.326 e. The lowest BCUT2D eigenvalue weighted by Crippen LogP contribution is -2.28. The number of thioether (sulfide) groups is 1. The van der Waals surface area contributed by atoms with Crippen molar-refractivity contribution in [2.24, 2.45) is 5.10 Å². The number of aromatic nitrogens is 3. The molecule has 1 amide bonds. The molecule has 0 bridgehead atoms. The Morgan fingerprint density at radius 1 is 1.27 bits per heavy atom. The average molecular weight is 315 g/mol. The Balaban J connectivity index is 1.96. The monoisotopic (exact) mass is 315 g/mol. The van der Waals surface area contributed by atoms with E-state index in [4.69, 9.17) is 0 Å². The molecule has 0 saturated carbocycles. The quantitative estimate of drug-likeness (QED) is 0.901. The highest BCUT2D eigenvalue weighted by Gasteiger charge is 2.18. The van der Waals surface area contributed by atoms with Crippen molar-refractivity contribution in [2.75, 3.05) is 11.1 Å². The molecule has 0 fully saturated rings. The van der Waals surface area contributed by atoms with E-state index >= 15 is 0 Å². The Hall–Kier alpha value is -2.48. The first-order valence-electron chi connectivity index (χ1n) is 6.59. The van der Waals surface area contributed by atoms with Gasteiger partial charge in [-0.05, 0) is 24.6 Å². The molecule has 1 aliphatic rings. The van der Waals surface area contributed by atoms with Gasteiger partial charge in [-0.15, -0.1) is 10.2 Å². The normalized spacial score (nSPS) is 13.3. The minimum absolute atomic E-state index is 0.118. The third kappa shape index (κ3) is 2.77. The molecule has 112 valence electrons. The van der Waals surface area contributed by atoms with E-state index < -0.39 is 0 Å². The molecular weight excluding hydrogens is 302 g/mol. The van der Waals surface area contributed by atoms with Gasteiger partial charge < -0.3 is 5.32 Å². The summed E-state index contributed by atoms with van der Waals surface area (Å²) in [6, 6.07) is 7.33. The topological polar surface area (TPSA) is 89.2 Å². The van der Waals surface area contributed by atoms with Crippen molar-refractivity contribution in [1.82, 2.24) is 14.9 Å². The first-order valence-corrected chi connectivity index (χ1v) is 7.58. The minimum Gasteiger partial charge on any atom is -0.326 e. The number of amides is 1. The van der Waals surface area contributed by atoms with Crippen LogP contribution in [0.5, 0.6) is 0 Å². The fourth-order valence-corrected chi connectivity index (χ4v) is 2.83. The summed E-state index contributed by atoms with van der Waals surface area (Å²) in [7, 11) is 0. The van der Waals surface area contributed by atoms with Gasteiger partial charge in [0.25, 0.3) is 5.56 Å². The molecule has 0 spiro atoms. The summed E-state index contributed by atoms with van der Waals surface area (Å²) in [6.07, 6.45) is 0. The molecule has 0 radical (unpaired) electrons. The van der Waals surface area contributed by atoms with Crippen molar-refractivity contribution >= 4 is 29.1 Å². The molecule has 1 N–H and O–H groups in total. The summed E-state index contributed by atoms with van der Waals surface area (Å²) in [5.74, 6) is 0.490. The Morgan fingerprint density at radius 2 is 2.00 bits per heavy atom. The molecule has 1 aromatic carbocycles. The van der Waals surface area contributed by atoms with Crippen LogP contribution >= 0.6 is 11.8 Å². The Kier molecular flexibility index (Phi) is 3.76. The highest BCUT2D eigenvalue weighted by Crippen LogP contribution is 2.21. The van der Waals surface area contributed by atoms with Crippen LogP contribution in [0.15, 0.2) is 39.3 Å². The van der Waals surface area contributed by atoms with Crippen molar-refractivity contribution < 1.29 is 4.79 Å². The second-order valence-electron chi connectivity index (χ2n) is 4.78. The standard InChI is InChI=1S/C14H13N5O2S/c1-8-13(21)19-14(17-16-8)22-7-12(18-19)10-3-5-11(6-4-10)15-9(2)20/h3-6H,7H2,1-2H3,(H,15,20). The Labute approximate surface area is 130 Å². The number of fused-ring (bicyclic) bond motifs is 1. The number of hydrogen-bond donors (Lipinski definition) is 1. The van der Waals surface area contributed by atoms with Gasteiger partial charge in [-0.1, -0.05) is 23.9 Å². The van der Waals surface area contributed by atoms with Gasteiger partial charge in [0.1, 0.15) is 5.69 Å². The number of benzene rings is 1. The summed E-state index contributed by atoms with van der Waals surface area (Å²) in [6.45, 7) is 3.07. The molecule has 0 saturated heterocycles. The zero-order valence-corrected chi connectivity index (χ0v) is 12.8. The van der Waals surface area contributed by atoms with Gasteiger partial charge in [0.15, 0.2) is 0 Å². The van der Waals surface area contributed by atoms with Crippen LogP contribution in [-0.2, 0) is 4.79 Å². The maximum absolute atomic E-state index is 12.1. The van der Waals surface area contributed by atoms with Gasteiger partial charge in [0, 0.05) is 18.4 Å². The number of aryl methyl sites for hydroxylation is 1. The summed E-state index contributed by atoms with van der Waals surface area (Å²) in [5.41, 5.74) is 2.45. The van der Waals surface area contributed by atoms with Gasteiger partial charge in [-0.2, -0.15) is 9.78 Å². The number of anilines is 1. The molecular formula is C14H13N5O2S. The van der Waals surface area contributed by atoms with Crippen molar-refractivity contribution in [2.45, 2.75) is 19.0 Å². The van der Waals surface area contributed by atoms with E-state index in [0.717, 1.165) is 17.0 Å². The van der Waals surface area contributed by atoms with Crippen LogP contribution < -0.4 is 10.9 Å². The molecule has 2 aromatic rings. The highest BCUT2D eigenvalue weighted by atomic mass is 32.2. The second kappa shape index (κ2) is 5.72. The van der Waals surface area contributed by atoms with Gasteiger partial charge in [-0.3, -0.25) is 9.59 Å². The molecule has 1 aromatic heterocycles. The van der Waals surface area contributed by atoms with Gasteiger partial charge in [0.2, 0.25) is 11.1 Å².